The minimum absolute atomic E-state index is 0.000881. The number of rotatable bonds is 3. The molecule has 0 N–H and O–H groups in total. The molecule has 1 aromatic carbocycles. The number of benzene rings is 1. The first-order valence-corrected chi connectivity index (χ1v) is 8.29. The van der Waals surface area contributed by atoms with Gasteiger partial charge in [-0.25, -0.2) is 8.42 Å². The van der Waals surface area contributed by atoms with Gasteiger partial charge in [0.25, 0.3) is 0 Å². The number of carbonyl (C=O) groups excluding carboxylic acids is 1. The first-order valence-electron chi connectivity index (χ1n) is 6.68. The van der Waals surface area contributed by atoms with Gasteiger partial charge in [-0.05, 0) is 18.1 Å². The first-order chi connectivity index (χ1) is 9.40. The lowest BCUT2D eigenvalue weighted by Crippen LogP contribution is -2.50. The van der Waals surface area contributed by atoms with Gasteiger partial charge in [0, 0.05) is 33.1 Å². The van der Waals surface area contributed by atoms with Crippen LogP contribution in [0.2, 0.25) is 0 Å². The van der Waals surface area contributed by atoms with Crippen molar-refractivity contribution in [3.05, 3.63) is 35.4 Å². The van der Waals surface area contributed by atoms with Crippen molar-refractivity contribution in [2.45, 2.75) is 19.6 Å². The molecule has 20 heavy (non-hydrogen) atoms. The fourth-order valence-electron chi connectivity index (χ4n) is 2.34. The van der Waals surface area contributed by atoms with Gasteiger partial charge < -0.3 is 4.90 Å². The zero-order valence-electron chi connectivity index (χ0n) is 11.9. The highest BCUT2D eigenvalue weighted by atomic mass is 32.2. The van der Waals surface area contributed by atoms with E-state index in [1.165, 1.54) is 11.2 Å². The largest absolute Gasteiger partial charge is 0.340 e. The highest BCUT2D eigenvalue weighted by Gasteiger charge is 2.28. The monoisotopic (exact) mass is 296 g/mol. The van der Waals surface area contributed by atoms with Crippen molar-refractivity contribution in [1.82, 2.24) is 9.21 Å². The van der Waals surface area contributed by atoms with Gasteiger partial charge in [0.15, 0.2) is 0 Å². The Morgan fingerprint density at radius 3 is 2.30 bits per heavy atom. The van der Waals surface area contributed by atoms with Crippen molar-refractivity contribution in [3.63, 3.8) is 0 Å². The lowest BCUT2D eigenvalue weighted by molar-refractivity contribution is -0.129. The van der Waals surface area contributed by atoms with Crippen LogP contribution in [0.15, 0.2) is 24.3 Å². The van der Waals surface area contributed by atoms with Crippen LogP contribution in [0.5, 0.6) is 0 Å². The first kappa shape index (κ1) is 15.0. The predicted molar refractivity (Wildman–Crippen MR) is 77.6 cm³/mol. The molecular weight excluding hydrogens is 276 g/mol. The molecule has 1 aliphatic rings. The van der Waals surface area contributed by atoms with Crippen molar-refractivity contribution in [3.8, 4) is 0 Å². The third kappa shape index (κ3) is 3.37. The molecule has 0 spiro atoms. The van der Waals surface area contributed by atoms with Crippen LogP contribution >= 0.6 is 0 Å². The second-order valence-electron chi connectivity index (χ2n) is 5.09. The van der Waals surface area contributed by atoms with Crippen LogP contribution in [0.4, 0.5) is 0 Å². The number of hydrogen-bond acceptors (Lipinski definition) is 3. The number of amides is 1. The minimum Gasteiger partial charge on any atom is -0.340 e. The Morgan fingerprint density at radius 2 is 1.75 bits per heavy atom. The molecule has 1 fully saturated rings. The molecule has 1 aromatic rings. The van der Waals surface area contributed by atoms with Gasteiger partial charge in [-0.3, -0.25) is 4.79 Å². The van der Waals surface area contributed by atoms with E-state index in [0.717, 1.165) is 11.1 Å². The van der Waals surface area contributed by atoms with Crippen LogP contribution in [0, 0.1) is 6.92 Å². The molecule has 0 bridgehead atoms. The van der Waals surface area contributed by atoms with Crippen LogP contribution < -0.4 is 0 Å². The lowest BCUT2D eigenvalue weighted by Gasteiger charge is -2.33. The van der Waals surface area contributed by atoms with Gasteiger partial charge in [-0.2, -0.15) is 4.31 Å². The smallest absolute Gasteiger partial charge is 0.219 e. The summed E-state index contributed by atoms with van der Waals surface area (Å²) in [5.41, 5.74) is 1.82. The van der Waals surface area contributed by atoms with Crippen LogP contribution in [0.1, 0.15) is 18.1 Å². The molecule has 110 valence electrons. The Bertz CT molecular complexity index is 590. The number of nitrogens with zero attached hydrogens (tertiary/aromatic N) is 2. The van der Waals surface area contributed by atoms with E-state index in [2.05, 4.69) is 0 Å². The molecule has 1 saturated heterocycles. The fraction of sp³-hybridized carbons (Fsp3) is 0.500. The number of carbonyl (C=O) groups is 1. The molecular formula is C14H20N2O3S. The highest BCUT2D eigenvalue weighted by Crippen LogP contribution is 2.16. The molecule has 0 aliphatic carbocycles. The molecule has 6 heteroatoms. The van der Waals surface area contributed by atoms with Crippen molar-refractivity contribution in [2.24, 2.45) is 0 Å². The third-order valence-electron chi connectivity index (χ3n) is 3.68. The molecule has 1 heterocycles. The van der Waals surface area contributed by atoms with E-state index in [4.69, 9.17) is 0 Å². The number of piperazine rings is 1. The third-order valence-corrected chi connectivity index (χ3v) is 5.50. The Balaban J connectivity index is 2.05. The highest BCUT2D eigenvalue weighted by molar-refractivity contribution is 7.88. The molecule has 0 saturated carbocycles. The second kappa shape index (κ2) is 5.93. The van der Waals surface area contributed by atoms with Crippen molar-refractivity contribution >= 4 is 15.9 Å². The molecule has 0 radical (unpaired) electrons. The summed E-state index contributed by atoms with van der Waals surface area (Å²) in [5, 5.41) is 0. The van der Waals surface area contributed by atoms with Gasteiger partial charge >= 0.3 is 0 Å². The summed E-state index contributed by atoms with van der Waals surface area (Å²) in [6.07, 6.45) is 0. The minimum atomic E-state index is -3.31. The van der Waals surface area contributed by atoms with Crippen LogP contribution in [0.25, 0.3) is 0 Å². The Morgan fingerprint density at radius 1 is 1.15 bits per heavy atom. The Hall–Kier alpha value is -1.40. The topological polar surface area (TPSA) is 57.7 Å². The normalized spacial score (nSPS) is 17.2. The zero-order chi connectivity index (χ0) is 14.8. The Kier molecular flexibility index (Phi) is 4.45. The standard InChI is InChI=1S/C14H20N2O3S/c1-12-5-3-4-6-14(12)11-20(18,19)16-9-7-15(8-10-16)13(2)17/h3-6H,7-11H2,1-2H3. The summed E-state index contributed by atoms with van der Waals surface area (Å²) in [6.45, 7) is 5.14. The summed E-state index contributed by atoms with van der Waals surface area (Å²) in [6, 6.07) is 7.51. The maximum Gasteiger partial charge on any atom is 0.219 e. The molecule has 5 nitrogen and oxygen atoms in total. The molecule has 0 atom stereocenters. The zero-order valence-corrected chi connectivity index (χ0v) is 12.7. The lowest BCUT2D eigenvalue weighted by atomic mass is 10.1. The van der Waals surface area contributed by atoms with E-state index in [0.29, 0.717) is 26.2 Å². The molecule has 0 aromatic heterocycles. The summed E-state index contributed by atoms with van der Waals surface area (Å²) in [4.78, 5) is 12.9. The van der Waals surface area contributed by atoms with Crippen LogP contribution in [-0.2, 0) is 20.6 Å². The van der Waals surface area contributed by atoms with Gasteiger partial charge in [0.2, 0.25) is 15.9 Å². The number of hydrogen-bond donors (Lipinski definition) is 0. The molecule has 1 amide bonds. The molecule has 1 aliphatic heterocycles. The van der Waals surface area contributed by atoms with E-state index in [-0.39, 0.29) is 11.7 Å². The van der Waals surface area contributed by atoms with Crippen molar-refractivity contribution < 1.29 is 13.2 Å². The summed E-state index contributed by atoms with van der Waals surface area (Å²) < 4.78 is 26.3. The fourth-order valence-corrected chi connectivity index (χ4v) is 3.96. The average Bonchev–Trinajstić information content (AvgIpc) is 2.41. The summed E-state index contributed by atoms with van der Waals surface area (Å²) >= 11 is 0. The second-order valence-corrected chi connectivity index (χ2v) is 7.06. The van der Waals surface area contributed by atoms with Gasteiger partial charge in [0.1, 0.15) is 0 Å². The van der Waals surface area contributed by atoms with E-state index >= 15 is 0 Å². The Labute approximate surface area is 120 Å². The van der Waals surface area contributed by atoms with Gasteiger partial charge in [0.05, 0.1) is 5.75 Å². The van der Waals surface area contributed by atoms with Crippen LogP contribution in [0.3, 0.4) is 0 Å². The van der Waals surface area contributed by atoms with Gasteiger partial charge in [-0.1, -0.05) is 24.3 Å². The molecule has 0 unspecified atom stereocenters. The van der Waals surface area contributed by atoms with Crippen molar-refractivity contribution in [2.75, 3.05) is 26.2 Å². The van der Waals surface area contributed by atoms with Crippen LogP contribution in [-0.4, -0.2) is 49.7 Å². The summed E-state index contributed by atoms with van der Waals surface area (Å²) in [5.74, 6) is 0.0284. The summed E-state index contributed by atoms with van der Waals surface area (Å²) in [7, 11) is -3.31. The van der Waals surface area contributed by atoms with E-state index in [1.54, 1.807) is 4.90 Å². The maximum absolute atomic E-state index is 12.4. The van der Waals surface area contributed by atoms with Crippen molar-refractivity contribution in [1.29, 1.82) is 0 Å². The number of sulfonamides is 1. The quantitative estimate of drug-likeness (QED) is 0.836. The number of aryl methyl sites for hydroxylation is 1. The maximum atomic E-state index is 12.4. The predicted octanol–water partition coefficient (Wildman–Crippen LogP) is 0.989. The average molecular weight is 296 g/mol. The molecule has 2 rings (SSSR count). The van der Waals surface area contributed by atoms with E-state index < -0.39 is 10.0 Å². The van der Waals surface area contributed by atoms with E-state index in [1.807, 2.05) is 31.2 Å². The van der Waals surface area contributed by atoms with E-state index in [9.17, 15) is 13.2 Å². The SMILES string of the molecule is CC(=O)N1CCN(S(=O)(=O)Cc2ccccc2C)CC1. The van der Waals surface area contributed by atoms with Gasteiger partial charge in [-0.15, -0.1) is 0 Å².